The van der Waals surface area contributed by atoms with E-state index >= 15 is 0 Å². The van der Waals surface area contributed by atoms with Crippen molar-refractivity contribution in [2.45, 2.75) is 25.8 Å². The number of hydrogen-bond acceptors (Lipinski definition) is 1. The molecular formula is C36H29N. The lowest BCUT2D eigenvalue weighted by Gasteiger charge is -2.26. The molecule has 5 aromatic rings. The highest BCUT2D eigenvalue weighted by atomic mass is 14.9. The molecule has 1 heterocycles. The second kappa shape index (κ2) is 8.94. The van der Waals surface area contributed by atoms with Crippen molar-refractivity contribution in [3.63, 3.8) is 0 Å². The number of nitrogens with one attached hydrogen (secondary N) is 1. The third kappa shape index (κ3) is 3.70. The molecule has 0 fully saturated rings. The summed E-state index contributed by atoms with van der Waals surface area (Å²) in [7, 11) is 0. The van der Waals surface area contributed by atoms with Gasteiger partial charge in [-0.05, 0) is 104 Å². The van der Waals surface area contributed by atoms with Gasteiger partial charge in [-0.15, -0.1) is 0 Å². The molecule has 7 rings (SSSR count). The fraction of sp³-hybridized carbons (Fsp3) is 0.111. The van der Waals surface area contributed by atoms with E-state index in [1.54, 1.807) is 0 Å². The molecule has 5 aromatic carbocycles. The van der Waals surface area contributed by atoms with Crippen LogP contribution >= 0.6 is 0 Å². The van der Waals surface area contributed by atoms with Gasteiger partial charge in [0.15, 0.2) is 0 Å². The van der Waals surface area contributed by atoms with Gasteiger partial charge < -0.3 is 5.32 Å². The van der Waals surface area contributed by atoms with Crippen LogP contribution in [0, 0.1) is 0 Å². The molecule has 0 radical (unpaired) electrons. The van der Waals surface area contributed by atoms with Crippen molar-refractivity contribution in [3.05, 3.63) is 138 Å². The lowest BCUT2D eigenvalue weighted by Crippen LogP contribution is -2.29. The SMILES string of the molecule is CC1=CC=CNC1C1=CCCC(c2c3ccccc3c(-c3ccc4ccccc4c3)c3ccccc23)=C1. The molecule has 37 heavy (non-hydrogen) atoms. The summed E-state index contributed by atoms with van der Waals surface area (Å²) in [6.07, 6.45) is 13.3. The average molecular weight is 476 g/mol. The zero-order valence-corrected chi connectivity index (χ0v) is 21.0. The second-order valence-corrected chi connectivity index (χ2v) is 10.2. The fourth-order valence-corrected chi connectivity index (χ4v) is 6.19. The van der Waals surface area contributed by atoms with Gasteiger partial charge in [0.25, 0.3) is 0 Å². The van der Waals surface area contributed by atoms with E-state index in [0.29, 0.717) is 0 Å². The highest BCUT2D eigenvalue weighted by Crippen LogP contribution is 2.44. The molecule has 1 unspecified atom stereocenters. The van der Waals surface area contributed by atoms with Gasteiger partial charge >= 0.3 is 0 Å². The Morgan fingerprint density at radius 3 is 2.05 bits per heavy atom. The second-order valence-electron chi connectivity index (χ2n) is 10.2. The first-order valence-corrected chi connectivity index (χ1v) is 13.2. The Labute approximate surface area is 218 Å². The summed E-state index contributed by atoms with van der Waals surface area (Å²) in [5.74, 6) is 0. The molecule has 1 atom stereocenters. The van der Waals surface area contributed by atoms with Crippen molar-refractivity contribution < 1.29 is 0 Å². The van der Waals surface area contributed by atoms with Crippen molar-refractivity contribution in [2.24, 2.45) is 0 Å². The van der Waals surface area contributed by atoms with Crippen LogP contribution in [0.4, 0.5) is 0 Å². The van der Waals surface area contributed by atoms with Crippen LogP contribution in [0.3, 0.4) is 0 Å². The maximum absolute atomic E-state index is 3.57. The summed E-state index contributed by atoms with van der Waals surface area (Å²) in [6.45, 7) is 2.22. The minimum absolute atomic E-state index is 0.245. The zero-order chi connectivity index (χ0) is 24.8. The van der Waals surface area contributed by atoms with Crippen LogP contribution in [0.1, 0.15) is 25.3 Å². The van der Waals surface area contributed by atoms with E-state index < -0.39 is 0 Å². The summed E-state index contributed by atoms with van der Waals surface area (Å²) in [6, 6.07) is 33.7. The van der Waals surface area contributed by atoms with E-state index in [1.807, 2.05) is 0 Å². The predicted octanol–water partition coefficient (Wildman–Crippen LogP) is 9.35. The average Bonchev–Trinajstić information content (AvgIpc) is 2.96. The summed E-state index contributed by atoms with van der Waals surface area (Å²) in [5, 5.41) is 11.4. The van der Waals surface area contributed by atoms with Crippen LogP contribution in [0.25, 0.3) is 49.0 Å². The summed E-state index contributed by atoms with van der Waals surface area (Å²) in [5.41, 5.74) is 8.13. The first-order valence-electron chi connectivity index (χ1n) is 13.2. The van der Waals surface area contributed by atoms with Gasteiger partial charge in [-0.1, -0.05) is 103 Å². The monoisotopic (exact) mass is 475 g/mol. The molecular weight excluding hydrogens is 446 g/mol. The summed E-state index contributed by atoms with van der Waals surface area (Å²) >= 11 is 0. The van der Waals surface area contributed by atoms with Crippen LogP contribution in [0.2, 0.25) is 0 Å². The van der Waals surface area contributed by atoms with E-state index in [4.69, 9.17) is 0 Å². The standard InChI is InChI=1S/C36H29N/c1-24-10-9-21-37-36(24)29-14-8-13-27(23-29)34-30-15-4-6-17-32(30)35(33-18-7-5-16-31(33)34)28-20-19-25-11-2-3-12-26(25)22-28/h2-7,9-12,14-23,36-37H,8,13H2,1H3. The third-order valence-corrected chi connectivity index (χ3v) is 7.93. The molecule has 1 N–H and O–H groups in total. The van der Waals surface area contributed by atoms with Crippen molar-refractivity contribution in [2.75, 3.05) is 0 Å². The van der Waals surface area contributed by atoms with Crippen molar-refractivity contribution in [1.82, 2.24) is 5.32 Å². The smallest absolute Gasteiger partial charge is 0.0719 e. The topological polar surface area (TPSA) is 12.0 Å². The van der Waals surface area contributed by atoms with E-state index in [1.165, 1.54) is 65.7 Å². The van der Waals surface area contributed by atoms with E-state index in [2.05, 4.69) is 134 Å². The van der Waals surface area contributed by atoms with Gasteiger partial charge in [-0.25, -0.2) is 0 Å². The minimum Gasteiger partial charge on any atom is -0.380 e. The van der Waals surface area contributed by atoms with Crippen LogP contribution < -0.4 is 5.32 Å². The minimum atomic E-state index is 0.245. The fourth-order valence-electron chi connectivity index (χ4n) is 6.19. The number of allylic oxidation sites excluding steroid dienone is 4. The normalized spacial score (nSPS) is 17.4. The van der Waals surface area contributed by atoms with Gasteiger partial charge in [0.2, 0.25) is 0 Å². The van der Waals surface area contributed by atoms with Gasteiger partial charge in [0, 0.05) is 0 Å². The first-order chi connectivity index (χ1) is 18.3. The Morgan fingerprint density at radius 1 is 0.703 bits per heavy atom. The Bertz CT molecular complexity index is 1750. The summed E-state index contributed by atoms with van der Waals surface area (Å²) < 4.78 is 0. The summed E-state index contributed by atoms with van der Waals surface area (Å²) in [4.78, 5) is 0. The van der Waals surface area contributed by atoms with Gasteiger partial charge in [0.05, 0.1) is 6.04 Å². The molecule has 0 saturated heterocycles. The van der Waals surface area contributed by atoms with Crippen LogP contribution in [-0.2, 0) is 0 Å². The molecule has 1 aliphatic carbocycles. The van der Waals surface area contributed by atoms with Crippen LogP contribution in [-0.4, -0.2) is 6.04 Å². The first kappa shape index (κ1) is 21.9. The molecule has 0 saturated carbocycles. The molecule has 1 aliphatic heterocycles. The Morgan fingerprint density at radius 2 is 1.35 bits per heavy atom. The molecule has 0 aromatic heterocycles. The zero-order valence-electron chi connectivity index (χ0n) is 21.0. The molecule has 178 valence electrons. The van der Waals surface area contributed by atoms with Crippen LogP contribution in [0.5, 0.6) is 0 Å². The lowest BCUT2D eigenvalue weighted by atomic mass is 9.81. The number of benzene rings is 5. The lowest BCUT2D eigenvalue weighted by molar-refractivity contribution is 0.747. The van der Waals surface area contributed by atoms with Crippen molar-refractivity contribution in [3.8, 4) is 11.1 Å². The molecule has 2 aliphatic rings. The van der Waals surface area contributed by atoms with E-state index in [-0.39, 0.29) is 6.04 Å². The van der Waals surface area contributed by atoms with Crippen molar-refractivity contribution in [1.29, 1.82) is 0 Å². The van der Waals surface area contributed by atoms with E-state index in [0.717, 1.165) is 12.8 Å². The molecule has 0 bridgehead atoms. The number of rotatable bonds is 3. The third-order valence-electron chi connectivity index (χ3n) is 7.93. The Balaban J connectivity index is 1.49. The van der Waals surface area contributed by atoms with E-state index in [9.17, 15) is 0 Å². The van der Waals surface area contributed by atoms with Crippen molar-refractivity contribution >= 4 is 37.9 Å². The number of fused-ring (bicyclic) bond motifs is 3. The maximum Gasteiger partial charge on any atom is 0.0719 e. The largest absolute Gasteiger partial charge is 0.380 e. The highest BCUT2D eigenvalue weighted by molar-refractivity contribution is 6.19. The number of hydrogen-bond donors (Lipinski definition) is 1. The molecule has 1 heteroatoms. The number of dihydropyridines is 1. The molecule has 0 spiro atoms. The molecule has 0 amide bonds. The highest BCUT2D eigenvalue weighted by Gasteiger charge is 2.22. The Kier molecular flexibility index (Phi) is 5.29. The predicted molar refractivity (Wildman–Crippen MR) is 160 cm³/mol. The van der Waals surface area contributed by atoms with Gasteiger partial charge in [0.1, 0.15) is 0 Å². The quantitative estimate of drug-likeness (QED) is 0.256. The van der Waals surface area contributed by atoms with Gasteiger partial charge in [-0.2, -0.15) is 0 Å². The molecule has 1 nitrogen and oxygen atoms in total. The Hall–Kier alpha value is -4.36. The maximum atomic E-state index is 3.57. The van der Waals surface area contributed by atoms with Gasteiger partial charge in [-0.3, -0.25) is 0 Å². The van der Waals surface area contributed by atoms with Crippen LogP contribution in [0.15, 0.2) is 133 Å².